The van der Waals surface area contributed by atoms with Crippen LogP contribution in [0.1, 0.15) is 16.9 Å². The Labute approximate surface area is 230 Å². The van der Waals surface area contributed by atoms with Crippen molar-refractivity contribution in [1.29, 1.82) is 0 Å². The van der Waals surface area contributed by atoms with Gasteiger partial charge in [0, 0.05) is 18.4 Å². The van der Waals surface area contributed by atoms with Crippen LogP contribution in [-0.4, -0.2) is 70.4 Å². The van der Waals surface area contributed by atoms with Crippen LogP contribution >= 0.6 is 19.3 Å². The van der Waals surface area contributed by atoms with E-state index in [1.807, 2.05) is 25.3 Å². The largest absolute Gasteiger partial charge is 0.492 e. The monoisotopic (exact) mass is 583 g/mol. The lowest BCUT2D eigenvalue weighted by molar-refractivity contribution is -0.126. The highest BCUT2D eigenvalue weighted by molar-refractivity contribution is 7.64. The summed E-state index contributed by atoms with van der Waals surface area (Å²) in [5.74, 6) is 5.43. The van der Waals surface area contributed by atoms with E-state index in [-0.39, 0.29) is 17.9 Å². The van der Waals surface area contributed by atoms with E-state index in [0.29, 0.717) is 44.6 Å². The number of ether oxygens (including phenoxy) is 1. The minimum Gasteiger partial charge on any atom is -0.492 e. The Morgan fingerprint density at radius 2 is 1.95 bits per heavy atom. The molecule has 39 heavy (non-hydrogen) atoms. The molecule has 1 aliphatic heterocycles. The number of hydrogen-bond acceptors (Lipinski definition) is 5. The lowest BCUT2D eigenvalue weighted by Crippen LogP contribution is -2.46. The van der Waals surface area contributed by atoms with Crippen LogP contribution in [-0.2, 0) is 6.42 Å². The van der Waals surface area contributed by atoms with E-state index in [4.69, 9.17) is 4.74 Å². The number of halogens is 5. The molecule has 2 N–H and O–H groups in total. The van der Waals surface area contributed by atoms with Gasteiger partial charge in [-0.3, -0.25) is 0 Å². The Bertz CT molecular complexity index is 1380. The summed E-state index contributed by atoms with van der Waals surface area (Å²) in [6, 6.07) is 8.10. The summed E-state index contributed by atoms with van der Waals surface area (Å²) in [6.45, 7) is 5.00. The number of benzene rings is 2. The van der Waals surface area contributed by atoms with Crippen molar-refractivity contribution < 1.29 is 26.7 Å². The van der Waals surface area contributed by atoms with Crippen molar-refractivity contribution in [2.24, 2.45) is 0 Å². The van der Waals surface area contributed by atoms with Crippen molar-refractivity contribution in [3.05, 3.63) is 46.6 Å². The summed E-state index contributed by atoms with van der Waals surface area (Å²) in [5.41, 5.74) is 1.13. The number of nitrogens with one attached hydrogen (secondary N) is 2. The van der Waals surface area contributed by atoms with Gasteiger partial charge in [0.25, 0.3) is 0 Å². The second-order valence-corrected chi connectivity index (χ2v) is 13.0. The summed E-state index contributed by atoms with van der Waals surface area (Å²) in [5, 5.41) is 7.29. The zero-order valence-corrected chi connectivity index (χ0v) is 23.9. The fourth-order valence-corrected chi connectivity index (χ4v) is 6.71. The fourth-order valence-electron chi connectivity index (χ4n) is 4.67. The number of rotatable bonds is 7. The third kappa shape index (κ3) is 6.95. The first-order valence-corrected chi connectivity index (χ1v) is 15.5. The van der Waals surface area contributed by atoms with Crippen molar-refractivity contribution in [3.8, 4) is 17.6 Å². The zero-order chi connectivity index (χ0) is 28.3. The summed E-state index contributed by atoms with van der Waals surface area (Å²) in [7, 11) is 2.58. The molecule has 2 heterocycles. The molecular formula is C28H31F5N3OPS. The van der Waals surface area contributed by atoms with Gasteiger partial charge < -0.3 is 20.3 Å². The molecule has 1 saturated heterocycles. The molecule has 0 bridgehead atoms. The molecule has 210 valence electrons. The molecule has 2 aromatic carbocycles. The molecule has 4 nitrogen and oxygen atoms in total. The van der Waals surface area contributed by atoms with Crippen molar-refractivity contribution in [3.63, 3.8) is 0 Å². The Kier molecular flexibility index (Phi) is 9.25. The number of piperidine rings is 1. The number of nitrogens with zero attached hydrogens (tertiary/aromatic N) is 1. The van der Waals surface area contributed by atoms with Crippen molar-refractivity contribution >= 4 is 46.0 Å². The smallest absolute Gasteiger partial charge is 0.393 e. The molecule has 0 radical (unpaired) electrons. The third-order valence-corrected chi connectivity index (χ3v) is 9.12. The minimum atomic E-state index is -4.42. The fraction of sp³-hybridized carbons (Fsp3) is 0.429. The van der Waals surface area contributed by atoms with Gasteiger partial charge in [-0.25, -0.2) is 8.78 Å². The van der Waals surface area contributed by atoms with Gasteiger partial charge in [0.05, 0.1) is 47.1 Å². The van der Waals surface area contributed by atoms with Crippen LogP contribution in [0.15, 0.2) is 30.3 Å². The molecule has 0 saturated carbocycles. The van der Waals surface area contributed by atoms with Crippen LogP contribution in [0.4, 0.5) is 33.3 Å². The molecule has 4 rings (SSSR count). The summed E-state index contributed by atoms with van der Waals surface area (Å²) in [6.07, 6.45) is -6.03. The first-order chi connectivity index (χ1) is 18.5. The lowest BCUT2D eigenvalue weighted by Gasteiger charge is -2.33. The Morgan fingerprint density at radius 3 is 2.62 bits per heavy atom. The molecule has 11 heteroatoms. The average Bonchev–Trinajstić information content (AvgIpc) is 3.20. The predicted molar refractivity (Wildman–Crippen MR) is 153 cm³/mol. The van der Waals surface area contributed by atoms with Gasteiger partial charge in [-0.05, 0) is 55.9 Å². The molecule has 1 aliphatic rings. The number of anilines is 2. The normalized spacial score (nSPS) is 18.2. The summed E-state index contributed by atoms with van der Waals surface area (Å²) in [4.78, 5) is 2.22. The van der Waals surface area contributed by atoms with Crippen LogP contribution in [0.25, 0.3) is 10.1 Å². The Balaban J connectivity index is 1.61. The average molecular weight is 584 g/mol. The maximum absolute atomic E-state index is 14.8. The molecule has 1 fully saturated rings. The van der Waals surface area contributed by atoms with Crippen molar-refractivity contribution in [2.45, 2.75) is 31.2 Å². The third-order valence-electron chi connectivity index (χ3n) is 6.61. The van der Waals surface area contributed by atoms with Gasteiger partial charge in [-0.15, -0.1) is 11.3 Å². The Hall–Kier alpha value is -2.60. The first-order valence-electron chi connectivity index (χ1n) is 12.4. The topological polar surface area (TPSA) is 36.5 Å². The van der Waals surface area contributed by atoms with Crippen LogP contribution in [0.3, 0.4) is 0 Å². The molecule has 0 unspecified atom stereocenters. The molecule has 0 aliphatic carbocycles. The van der Waals surface area contributed by atoms with E-state index in [0.717, 1.165) is 17.9 Å². The maximum Gasteiger partial charge on any atom is 0.393 e. The highest BCUT2D eigenvalue weighted by Crippen LogP contribution is 2.40. The summed E-state index contributed by atoms with van der Waals surface area (Å²) < 4.78 is 76.0. The van der Waals surface area contributed by atoms with Gasteiger partial charge in [-0.1, -0.05) is 31.9 Å². The van der Waals surface area contributed by atoms with Crippen LogP contribution in [0, 0.1) is 17.7 Å². The second kappa shape index (κ2) is 12.3. The number of fused-ring (bicyclic) bond motifs is 1. The predicted octanol–water partition coefficient (Wildman–Crippen LogP) is 6.44. The van der Waals surface area contributed by atoms with Crippen LogP contribution in [0.5, 0.6) is 5.75 Å². The van der Waals surface area contributed by atoms with Gasteiger partial charge >= 0.3 is 6.18 Å². The highest BCUT2D eigenvalue weighted by atomic mass is 32.1. The molecule has 0 spiro atoms. The molecule has 2 atom stereocenters. The minimum absolute atomic E-state index is 0.0755. The molecular weight excluding hydrogens is 552 g/mol. The van der Waals surface area contributed by atoms with Gasteiger partial charge in [0.2, 0.25) is 0 Å². The number of alkyl halides is 4. The van der Waals surface area contributed by atoms with E-state index < -0.39 is 38.5 Å². The van der Waals surface area contributed by atoms with Crippen LogP contribution < -0.4 is 20.7 Å². The molecule has 0 amide bonds. The maximum atomic E-state index is 14.8. The van der Waals surface area contributed by atoms with E-state index >= 15 is 0 Å². The van der Waals surface area contributed by atoms with Crippen molar-refractivity contribution in [1.82, 2.24) is 4.90 Å². The lowest BCUT2D eigenvalue weighted by atomic mass is 10.0. The van der Waals surface area contributed by atoms with Gasteiger partial charge in [0.1, 0.15) is 6.17 Å². The van der Waals surface area contributed by atoms with Gasteiger partial charge in [-0.2, -0.15) is 13.2 Å². The number of methoxy groups -OCH3 is 1. The molecule has 1 aromatic heterocycles. The van der Waals surface area contributed by atoms with E-state index in [9.17, 15) is 22.0 Å². The molecule has 3 aromatic rings. The van der Waals surface area contributed by atoms with Crippen molar-refractivity contribution in [2.75, 3.05) is 57.8 Å². The SMILES string of the molecule is COc1c(NCC#Cc2sc3c(N[C@@H]4CCN(C)C[C@@H]4F)cccc3c2CC(F)(F)F)ccc(P(C)C)c1F. The Morgan fingerprint density at radius 1 is 1.18 bits per heavy atom. The quantitative estimate of drug-likeness (QED) is 0.191. The van der Waals surface area contributed by atoms with E-state index in [2.05, 4.69) is 22.5 Å². The number of likely N-dealkylation sites (tertiary alicyclic amines) is 1. The van der Waals surface area contributed by atoms with Gasteiger partial charge in [0.15, 0.2) is 11.6 Å². The standard InChI is InChI=1S/C28H31F5N3OPS/c1-36-14-12-20(19(29)16-36)35-22-8-5-7-17-18(15-28(31,32)33)24(39-27(17)22)9-6-13-34-21-10-11-23(38(3)4)25(30)26(21)37-2/h5,7-8,10-11,19-20,34-35H,12-16H2,1-4H3/t19-,20+/m0/s1. The summed E-state index contributed by atoms with van der Waals surface area (Å²) >= 11 is 1.16. The highest BCUT2D eigenvalue weighted by Gasteiger charge is 2.32. The van der Waals surface area contributed by atoms with E-state index in [1.165, 1.54) is 7.11 Å². The second-order valence-electron chi connectivity index (χ2n) is 9.73. The first kappa shape index (κ1) is 29.4. The van der Waals surface area contributed by atoms with E-state index in [1.54, 1.807) is 30.3 Å². The van der Waals surface area contributed by atoms with Crippen LogP contribution in [0.2, 0.25) is 0 Å². The zero-order valence-electron chi connectivity index (χ0n) is 22.2. The number of hydrogen-bond donors (Lipinski definition) is 2. The number of thiophene rings is 1.